The van der Waals surface area contributed by atoms with E-state index in [1.807, 2.05) is 70.3 Å². The number of nitrogens with one attached hydrogen (secondary N) is 1. The van der Waals surface area contributed by atoms with Crippen molar-refractivity contribution in [3.05, 3.63) is 73.1 Å². The fourth-order valence-corrected chi connectivity index (χ4v) is 5.30. The third-order valence-corrected chi connectivity index (χ3v) is 7.45. The number of fused-ring (bicyclic) bond motifs is 1. The second-order valence-electron chi connectivity index (χ2n) is 10.1. The van der Waals surface area contributed by atoms with Crippen LogP contribution in [0.3, 0.4) is 0 Å². The Morgan fingerprint density at radius 3 is 2.62 bits per heavy atom. The molecule has 2 aromatic carbocycles. The molecule has 6 rings (SSSR count). The molecular weight excluding hydrogens is 506 g/mol. The van der Waals surface area contributed by atoms with Crippen molar-refractivity contribution in [1.82, 2.24) is 30.0 Å². The number of rotatable bonds is 8. The number of hydrogen-bond donors (Lipinski definition) is 2. The monoisotopic (exact) mass is 539 g/mol. The molecule has 3 N–H and O–H groups in total. The van der Waals surface area contributed by atoms with E-state index in [9.17, 15) is 4.79 Å². The van der Waals surface area contributed by atoms with Gasteiger partial charge in [-0.15, -0.1) is 0 Å². The zero-order chi connectivity index (χ0) is 27.3. The molecule has 4 heterocycles. The molecule has 10 heteroatoms. The van der Waals surface area contributed by atoms with Crippen LogP contribution in [0.25, 0.3) is 22.3 Å². The van der Waals surface area contributed by atoms with E-state index >= 15 is 0 Å². The highest BCUT2D eigenvalue weighted by Gasteiger charge is 2.30. The van der Waals surface area contributed by atoms with E-state index in [0.717, 1.165) is 49.5 Å². The number of ether oxygens (including phenoxy) is 2. The summed E-state index contributed by atoms with van der Waals surface area (Å²) in [4.78, 5) is 23.5. The number of amides is 1. The van der Waals surface area contributed by atoms with Crippen LogP contribution in [-0.2, 0) is 9.53 Å². The van der Waals surface area contributed by atoms with Gasteiger partial charge in [-0.2, -0.15) is 5.10 Å². The quantitative estimate of drug-likeness (QED) is 0.323. The lowest BCUT2D eigenvalue weighted by Gasteiger charge is -2.22. The average molecular weight is 540 g/mol. The minimum absolute atomic E-state index is 0.0102. The Bertz CT molecular complexity index is 1480. The molecule has 10 nitrogen and oxygen atoms in total. The number of nitrogens with zero attached hydrogens (tertiary/aromatic N) is 5. The van der Waals surface area contributed by atoms with Crippen molar-refractivity contribution in [2.45, 2.75) is 31.3 Å². The summed E-state index contributed by atoms with van der Waals surface area (Å²) in [6.45, 7) is 3.48. The van der Waals surface area contributed by atoms with Crippen LogP contribution in [-0.4, -0.2) is 69.4 Å². The molecule has 40 heavy (non-hydrogen) atoms. The molecule has 0 aliphatic carbocycles. The summed E-state index contributed by atoms with van der Waals surface area (Å²) >= 11 is 0. The van der Waals surface area contributed by atoms with E-state index in [2.05, 4.69) is 15.3 Å². The first-order valence-corrected chi connectivity index (χ1v) is 13.7. The van der Waals surface area contributed by atoms with Gasteiger partial charge in [0, 0.05) is 50.5 Å². The highest BCUT2D eigenvalue weighted by atomic mass is 16.5. The van der Waals surface area contributed by atoms with Gasteiger partial charge in [-0.25, -0.2) is 14.6 Å². The number of carbonyl (C=O) groups is 1. The number of hydrogen-bond acceptors (Lipinski definition) is 8. The van der Waals surface area contributed by atoms with Crippen LogP contribution < -0.4 is 15.8 Å². The number of nitrogen functional groups attached to an aromatic ring is 1. The molecule has 0 bridgehead atoms. The fourth-order valence-electron chi connectivity index (χ4n) is 5.30. The van der Waals surface area contributed by atoms with Crippen molar-refractivity contribution >= 4 is 22.8 Å². The van der Waals surface area contributed by atoms with E-state index < -0.39 is 0 Å². The van der Waals surface area contributed by atoms with E-state index in [1.54, 1.807) is 6.08 Å². The van der Waals surface area contributed by atoms with Gasteiger partial charge >= 0.3 is 0 Å². The van der Waals surface area contributed by atoms with Gasteiger partial charge in [-0.1, -0.05) is 24.3 Å². The number of anilines is 1. The van der Waals surface area contributed by atoms with E-state index in [1.165, 1.54) is 6.33 Å². The Labute approximate surface area is 232 Å². The lowest BCUT2D eigenvalue weighted by molar-refractivity contribution is -0.125. The van der Waals surface area contributed by atoms with Crippen molar-refractivity contribution in [3.63, 3.8) is 0 Å². The number of benzene rings is 2. The molecular formula is C30H33N7O3. The summed E-state index contributed by atoms with van der Waals surface area (Å²) in [6.07, 6.45) is 7.84. The predicted molar refractivity (Wildman–Crippen MR) is 153 cm³/mol. The van der Waals surface area contributed by atoms with Crippen molar-refractivity contribution in [3.8, 4) is 22.8 Å². The van der Waals surface area contributed by atoms with E-state index in [0.29, 0.717) is 48.2 Å². The Hall–Kier alpha value is -4.28. The van der Waals surface area contributed by atoms with Crippen LogP contribution in [0.2, 0.25) is 0 Å². The molecule has 0 saturated carbocycles. The number of nitrogens with two attached hydrogens (primary N) is 1. The molecule has 1 atom stereocenters. The Kier molecular flexibility index (Phi) is 7.69. The van der Waals surface area contributed by atoms with Crippen LogP contribution in [0, 0.1) is 0 Å². The van der Waals surface area contributed by atoms with Gasteiger partial charge in [0.2, 0.25) is 5.91 Å². The SMILES string of the molecule is Nc1ncnc2c1c(-c1ccc(Oc3ccccc3)cc1)nn2C1CCN(C(=O)/C=C/CNC2CCOCC2)C1. The number of aromatic nitrogens is 4. The first-order valence-electron chi connectivity index (χ1n) is 13.7. The van der Waals surface area contributed by atoms with Gasteiger partial charge in [0.25, 0.3) is 0 Å². The molecule has 0 radical (unpaired) electrons. The van der Waals surface area contributed by atoms with Gasteiger partial charge < -0.3 is 25.4 Å². The fraction of sp³-hybridized carbons (Fsp3) is 0.333. The predicted octanol–water partition coefficient (Wildman–Crippen LogP) is 3.97. The number of carbonyl (C=O) groups excluding carboxylic acids is 1. The third-order valence-electron chi connectivity index (χ3n) is 7.45. The van der Waals surface area contributed by atoms with Crippen molar-refractivity contribution in [2.75, 3.05) is 38.6 Å². The zero-order valence-electron chi connectivity index (χ0n) is 22.3. The Morgan fingerprint density at radius 2 is 1.82 bits per heavy atom. The van der Waals surface area contributed by atoms with E-state index in [-0.39, 0.29) is 11.9 Å². The lowest BCUT2D eigenvalue weighted by Crippen LogP contribution is -2.35. The maximum absolute atomic E-state index is 12.9. The van der Waals surface area contributed by atoms with Crippen LogP contribution in [0.5, 0.6) is 11.5 Å². The molecule has 1 amide bonds. The molecule has 2 aliphatic rings. The number of para-hydroxylation sites is 1. The maximum atomic E-state index is 12.9. The van der Waals surface area contributed by atoms with E-state index in [4.69, 9.17) is 20.3 Å². The van der Waals surface area contributed by atoms with Crippen molar-refractivity contribution in [2.24, 2.45) is 0 Å². The van der Waals surface area contributed by atoms with Crippen molar-refractivity contribution < 1.29 is 14.3 Å². The summed E-state index contributed by atoms with van der Waals surface area (Å²) in [5.74, 6) is 1.88. The van der Waals surface area contributed by atoms with Crippen LogP contribution in [0.15, 0.2) is 73.1 Å². The molecule has 0 spiro atoms. The summed E-state index contributed by atoms with van der Waals surface area (Å²) in [5.41, 5.74) is 8.59. The molecule has 2 aromatic heterocycles. The minimum atomic E-state index is -0.0102. The first-order chi connectivity index (χ1) is 19.7. The molecule has 1 unspecified atom stereocenters. The molecule has 2 aliphatic heterocycles. The summed E-state index contributed by atoms with van der Waals surface area (Å²) in [7, 11) is 0. The molecule has 4 aromatic rings. The highest BCUT2D eigenvalue weighted by Crippen LogP contribution is 2.35. The van der Waals surface area contributed by atoms with Crippen LogP contribution in [0.4, 0.5) is 5.82 Å². The van der Waals surface area contributed by atoms with Gasteiger partial charge in [0.05, 0.1) is 11.4 Å². The topological polar surface area (TPSA) is 120 Å². The standard InChI is InChI=1S/C30H33N7O3/c31-29-27-28(21-8-10-25(11-9-21)40-24-5-2-1-3-6-24)35-37(30(27)34-20-33-29)23-12-16-36(19-23)26(38)7-4-15-32-22-13-17-39-18-14-22/h1-11,20,22-23,32H,12-19H2,(H2,31,33,34)/b7-4+. The zero-order valence-corrected chi connectivity index (χ0v) is 22.3. The average Bonchev–Trinajstić information content (AvgIpc) is 3.63. The van der Waals surface area contributed by atoms with Crippen LogP contribution >= 0.6 is 0 Å². The summed E-state index contributed by atoms with van der Waals surface area (Å²) in [6, 6.07) is 17.8. The van der Waals surface area contributed by atoms with Crippen LogP contribution in [0.1, 0.15) is 25.3 Å². The molecule has 2 fully saturated rings. The third kappa shape index (κ3) is 5.68. The second-order valence-corrected chi connectivity index (χ2v) is 10.1. The summed E-state index contributed by atoms with van der Waals surface area (Å²) < 4.78 is 13.2. The Balaban J connectivity index is 1.16. The van der Waals surface area contributed by atoms with Gasteiger partial charge in [0.15, 0.2) is 5.65 Å². The second kappa shape index (κ2) is 11.8. The highest BCUT2D eigenvalue weighted by molar-refractivity contribution is 5.98. The summed E-state index contributed by atoms with van der Waals surface area (Å²) in [5, 5.41) is 9.14. The van der Waals surface area contributed by atoms with Gasteiger partial charge in [-0.05, 0) is 55.7 Å². The normalized spacial score (nSPS) is 18.1. The molecule has 2 saturated heterocycles. The van der Waals surface area contributed by atoms with Gasteiger partial charge in [0.1, 0.15) is 29.3 Å². The number of likely N-dealkylation sites (tertiary alicyclic amines) is 1. The molecule has 206 valence electrons. The minimum Gasteiger partial charge on any atom is -0.457 e. The maximum Gasteiger partial charge on any atom is 0.246 e. The van der Waals surface area contributed by atoms with Crippen molar-refractivity contribution in [1.29, 1.82) is 0 Å². The lowest BCUT2D eigenvalue weighted by atomic mass is 10.1. The Morgan fingerprint density at radius 1 is 1.05 bits per heavy atom. The largest absolute Gasteiger partial charge is 0.457 e. The first kappa shape index (κ1) is 26.0. The van der Waals surface area contributed by atoms with Gasteiger partial charge in [-0.3, -0.25) is 4.79 Å². The smallest absolute Gasteiger partial charge is 0.246 e.